The largest absolute Gasteiger partial charge is 0.477 e. The zero-order valence-corrected chi connectivity index (χ0v) is 19.2. The van der Waals surface area contributed by atoms with Gasteiger partial charge >= 0.3 is 5.97 Å². The fraction of sp³-hybridized carbons (Fsp3) is 0.304. The van der Waals surface area contributed by atoms with Crippen molar-refractivity contribution in [3.63, 3.8) is 0 Å². The standard InChI is InChI=1S/C23H20N4O7S/c28-21-14-8-17(27(31)32)16(9-15(14)26-11-35-22(26)20(21)23(29)30)25-5-3-24(4-6-25)10-13-1-2-18-19(7-13)34-12-33-18/h1-2,7-9H,3-6,10-12H2,(H,29,30). The number of pyridine rings is 1. The minimum absolute atomic E-state index is 0.0587. The molecule has 0 saturated carbocycles. The van der Waals surface area contributed by atoms with Gasteiger partial charge in [0, 0.05) is 38.8 Å². The van der Waals surface area contributed by atoms with Crippen molar-refractivity contribution in [1.82, 2.24) is 9.47 Å². The van der Waals surface area contributed by atoms with E-state index in [4.69, 9.17) is 9.47 Å². The quantitative estimate of drug-likeness (QED) is 0.416. The average Bonchev–Trinajstić information content (AvgIpc) is 3.28. The van der Waals surface area contributed by atoms with Gasteiger partial charge < -0.3 is 24.0 Å². The van der Waals surface area contributed by atoms with Crippen LogP contribution in [-0.2, 0) is 12.4 Å². The molecular weight excluding hydrogens is 476 g/mol. The zero-order valence-electron chi connectivity index (χ0n) is 18.4. The Labute approximate surface area is 202 Å². The summed E-state index contributed by atoms with van der Waals surface area (Å²) in [6.45, 7) is 3.52. The SMILES string of the molecule is O=C(O)c1c2n(c3cc(N4CCN(Cc5ccc6c(c5)OCO6)CC4)c([N+](=O)[O-])cc3c1=O)CS2. The van der Waals surface area contributed by atoms with Gasteiger partial charge in [-0.1, -0.05) is 17.8 Å². The predicted molar refractivity (Wildman–Crippen MR) is 128 cm³/mol. The summed E-state index contributed by atoms with van der Waals surface area (Å²) in [5, 5.41) is 21.9. The lowest BCUT2D eigenvalue weighted by atomic mass is 10.1. The minimum atomic E-state index is -1.32. The van der Waals surface area contributed by atoms with Gasteiger partial charge in [0.25, 0.3) is 5.69 Å². The van der Waals surface area contributed by atoms with Crippen molar-refractivity contribution in [3.8, 4) is 11.5 Å². The van der Waals surface area contributed by atoms with E-state index in [-0.39, 0.29) is 23.4 Å². The molecule has 0 spiro atoms. The summed E-state index contributed by atoms with van der Waals surface area (Å²) in [4.78, 5) is 40.1. The third-order valence-corrected chi connectivity index (χ3v) is 7.70. The Kier molecular flexibility index (Phi) is 5.07. The fourth-order valence-electron chi connectivity index (χ4n) is 4.81. The first-order valence-electron chi connectivity index (χ1n) is 11.0. The number of nitro benzene ring substituents is 1. The molecule has 0 radical (unpaired) electrons. The summed E-state index contributed by atoms with van der Waals surface area (Å²) in [7, 11) is 0. The maximum absolute atomic E-state index is 12.9. The molecule has 0 unspecified atom stereocenters. The molecule has 1 N–H and O–H groups in total. The molecule has 0 amide bonds. The Bertz CT molecular complexity index is 1460. The number of carboxylic acid groups (broad SMARTS) is 1. The van der Waals surface area contributed by atoms with Crippen molar-refractivity contribution in [2.45, 2.75) is 17.4 Å². The molecule has 0 bridgehead atoms. The van der Waals surface area contributed by atoms with Crippen LogP contribution in [0.5, 0.6) is 11.5 Å². The Morgan fingerprint density at radius 1 is 1.11 bits per heavy atom. The molecule has 0 aliphatic carbocycles. The predicted octanol–water partition coefficient (Wildman–Crippen LogP) is 2.72. The van der Waals surface area contributed by atoms with Gasteiger partial charge in [-0.3, -0.25) is 19.8 Å². The Morgan fingerprint density at radius 2 is 1.89 bits per heavy atom. The van der Waals surface area contributed by atoms with E-state index >= 15 is 0 Å². The number of hydrogen-bond acceptors (Lipinski definition) is 9. The molecule has 3 aliphatic heterocycles. The van der Waals surface area contributed by atoms with Crippen LogP contribution in [-0.4, -0.2) is 58.4 Å². The summed E-state index contributed by atoms with van der Waals surface area (Å²) in [5.74, 6) is 0.653. The summed E-state index contributed by atoms with van der Waals surface area (Å²) in [5.41, 5.74) is 0.867. The van der Waals surface area contributed by atoms with E-state index in [0.29, 0.717) is 48.3 Å². The highest BCUT2D eigenvalue weighted by atomic mass is 32.2. The highest BCUT2D eigenvalue weighted by Gasteiger charge is 2.31. The van der Waals surface area contributed by atoms with Crippen LogP contribution in [0.3, 0.4) is 0 Å². The van der Waals surface area contributed by atoms with Crippen LogP contribution in [0.1, 0.15) is 15.9 Å². The van der Waals surface area contributed by atoms with Gasteiger partial charge in [-0.15, -0.1) is 0 Å². The molecule has 2 aromatic carbocycles. The van der Waals surface area contributed by atoms with Gasteiger partial charge in [0.15, 0.2) is 11.5 Å². The molecule has 1 saturated heterocycles. The van der Waals surface area contributed by atoms with Crippen molar-refractivity contribution in [2.24, 2.45) is 0 Å². The van der Waals surface area contributed by atoms with Gasteiger partial charge in [0.1, 0.15) is 11.3 Å². The first kappa shape index (κ1) is 21.7. The van der Waals surface area contributed by atoms with E-state index < -0.39 is 16.3 Å². The summed E-state index contributed by atoms with van der Waals surface area (Å²) >= 11 is 1.29. The highest BCUT2D eigenvalue weighted by molar-refractivity contribution is 7.99. The topological polar surface area (TPSA) is 127 Å². The second-order valence-electron chi connectivity index (χ2n) is 8.58. The lowest BCUT2D eigenvalue weighted by Crippen LogP contribution is -2.46. The number of aromatic carboxylic acids is 1. The normalized spacial score (nSPS) is 16.7. The van der Waals surface area contributed by atoms with Crippen molar-refractivity contribution in [2.75, 3.05) is 37.9 Å². The maximum Gasteiger partial charge on any atom is 0.342 e. The minimum Gasteiger partial charge on any atom is -0.477 e. The van der Waals surface area contributed by atoms with E-state index in [1.165, 1.54) is 17.8 Å². The molecule has 4 heterocycles. The van der Waals surface area contributed by atoms with Crippen molar-refractivity contribution in [1.29, 1.82) is 0 Å². The first-order valence-corrected chi connectivity index (χ1v) is 12.0. The van der Waals surface area contributed by atoms with Crippen molar-refractivity contribution >= 4 is 40.0 Å². The maximum atomic E-state index is 12.9. The number of ether oxygens (including phenoxy) is 2. The second kappa shape index (κ2) is 8.17. The van der Waals surface area contributed by atoms with Crippen LogP contribution in [0.15, 0.2) is 40.2 Å². The third-order valence-electron chi connectivity index (χ3n) is 6.61. The second-order valence-corrected chi connectivity index (χ2v) is 9.52. The molecule has 1 aromatic heterocycles. The molecule has 3 aliphatic rings. The molecule has 11 nitrogen and oxygen atoms in total. The Hall–Kier alpha value is -3.77. The summed E-state index contributed by atoms with van der Waals surface area (Å²) in [6, 6.07) is 8.78. The van der Waals surface area contributed by atoms with Gasteiger partial charge in [-0.05, 0) is 23.8 Å². The molecule has 12 heteroatoms. The molecule has 0 atom stereocenters. The molecule has 1 fully saturated rings. The number of nitro groups is 1. The number of nitrogens with zero attached hydrogens (tertiary/aromatic N) is 4. The van der Waals surface area contributed by atoms with Crippen molar-refractivity contribution < 1.29 is 24.3 Å². The summed E-state index contributed by atoms with van der Waals surface area (Å²) in [6.07, 6.45) is 0. The molecule has 180 valence electrons. The number of hydrogen-bond donors (Lipinski definition) is 1. The number of rotatable bonds is 5. The van der Waals surface area contributed by atoms with Crippen LogP contribution in [0.4, 0.5) is 11.4 Å². The molecule has 6 rings (SSSR count). The van der Waals surface area contributed by atoms with E-state index in [9.17, 15) is 24.8 Å². The number of thioether (sulfide) groups is 1. The Balaban J connectivity index is 1.28. The average molecular weight is 497 g/mol. The number of anilines is 1. The third kappa shape index (κ3) is 3.56. The first-order chi connectivity index (χ1) is 16.9. The number of piperazine rings is 1. The number of fused-ring (bicyclic) bond motifs is 4. The number of carboxylic acids is 1. The number of benzene rings is 2. The fourth-order valence-corrected chi connectivity index (χ4v) is 5.76. The van der Waals surface area contributed by atoms with Crippen LogP contribution >= 0.6 is 11.8 Å². The zero-order chi connectivity index (χ0) is 24.3. The van der Waals surface area contributed by atoms with E-state index in [2.05, 4.69) is 4.90 Å². The molecule has 35 heavy (non-hydrogen) atoms. The molecular formula is C23H20N4O7S. The van der Waals surface area contributed by atoms with Crippen LogP contribution in [0, 0.1) is 10.1 Å². The lowest BCUT2D eigenvalue weighted by molar-refractivity contribution is -0.384. The monoisotopic (exact) mass is 496 g/mol. The smallest absolute Gasteiger partial charge is 0.342 e. The number of aromatic nitrogens is 1. The van der Waals surface area contributed by atoms with Crippen LogP contribution < -0.4 is 19.8 Å². The van der Waals surface area contributed by atoms with Gasteiger partial charge in [-0.25, -0.2) is 4.79 Å². The highest BCUT2D eigenvalue weighted by Crippen LogP contribution is 2.40. The van der Waals surface area contributed by atoms with E-state index in [1.54, 1.807) is 10.6 Å². The molecule has 3 aromatic rings. The van der Waals surface area contributed by atoms with Gasteiger partial charge in [0.05, 0.1) is 26.7 Å². The lowest BCUT2D eigenvalue weighted by Gasteiger charge is -2.36. The van der Waals surface area contributed by atoms with Crippen LogP contribution in [0.2, 0.25) is 0 Å². The van der Waals surface area contributed by atoms with Gasteiger partial charge in [0.2, 0.25) is 12.2 Å². The number of carbonyl (C=O) groups is 1. The van der Waals surface area contributed by atoms with Crippen molar-refractivity contribution in [3.05, 3.63) is 61.8 Å². The van der Waals surface area contributed by atoms with Gasteiger partial charge in [-0.2, -0.15) is 0 Å². The van der Waals surface area contributed by atoms with Crippen LogP contribution in [0.25, 0.3) is 10.9 Å². The Morgan fingerprint density at radius 3 is 2.57 bits per heavy atom. The van der Waals surface area contributed by atoms with E-state index in [0.717, 1.165) is 23.6 Å². The summed E-state index contributed by atoms with van der Waals surface area (Å²) < 4.78 is 12.6. The van der Waals surface area contributed by atoms with E-state index in [1.807, 2.05) is 23.1 Å².